The van der Waals surface area contributed by atoms with Crippen LogP contribution in [0.25, 0.3) is 11.1 Å². The van der Waals surface area contributed by atoms with Gasteiger partial charge in [-0.3, -0.25) is 9.59 Å². The molecule has 1 aliphatic heterocycles. The highest BCUT2D eigenvalue weighted by Gasteiger charge is 2.55. The molecule has 2 N–H and O–H groups in total. The summed E-state index contributed by atoms with van der Waals surface area (Å²) < 4.78 is 81.0. The van der Waals surface area contributed by atoms with E-state index in [1.165, 1.54) is 25.4 Å². The number of nitrogens with one attached hydrogen (secondary N) is 2. The van der Waals surface area contributed by atoms with Gasteiger partial charge in [-0.1, -0.05) is 17.7 Å². The van der Waals surface area contributed by atoms with Crippen LogP contribution in [0.3, 0.4) is 0 Å². The lowest BCUT2D eigenvalue weighted by Gasteiger charge is -2.30. The lowest BCUT2D eigenvalue weighted by molar-refractivity contribution is -0.140. The lowest BCUT2D eigenvalue weighted by atomic mass is 9.83. The Morgan fingerprint density at radius 1 is 1.00 bits per heavy atom. The minimum atomic E-state index is -4.94. The van der Waals surface area contributed by atoms with Gasteiger partial charge in [-0.2, -0.15) is 13.2 Å². The van der Waals surface area contributed by atoms with E-state index in [0.717, 1.165) is 30.9 Å². The maximum atomic E-state index is 15.9. The molecule has 0 radical (unpaired) electrons. The van der Waals surface area contributed by atoms with E-state index in [1.54, 1.807) is 12.1 Å². The Morgan fingerprint density at radius 3 is 2.47 bits per heavy atom. The van der Waals surface area contributed by atoms with E-state index in [0.29, 0.717) is 56.3 Å². The van der Waals surface area contributed by atoms with E-state index >= 15 is 4.39 Å². The minimum absolute atomic E-state index is 0.132. The molecule has 4 fully saturated rings. The highest BCUT2D eigenvalue weighted by atomic mass is 19.4. The van der Waals surface area contributed by atoms with Crippen LogP contribution in [0.2, 0.25) is 0 Å². The van der Waals surface area contributed by atoms with Gasteiger partial charge < -0.3 is 25.0 Å². The van der Waals surface area contributed by atoms with Gasteiger partial charge in [0.25, 0.3) is 5.91 Å². The van der Waals surface area contributed by atoms with Gasteiger partial charge in [-0.15, -0.1) is 0 Å². The molecule has 13 heteroatoms. The monoisotopic (exact) mass is 682 g/mol. The SMILES string of the molecule is COc1ccc(-c2ccnc(N3CCOCC3)c2F)cc1C(=O)NC1C2CCC(/C2=C/C2CC2)[C@@H]1C(=O)Nc1ccc(F)c(C(F)(F)F)c1. The number of carbonyl (C=O) groups excluding carboxylic acids is 2. The van der Waals surface area contributed by atoms with E-state index in [9.17, 15) is 27.2 Å². The van der Waals surface area contributed by atoms with Gasteiger partial charge in [-0.25, -0.2) is 13.8 Å². The number of benzene rings is 2. The molecule has 3 aliphatic carbocycles. The summed E-state index contributed by atoms with van der Waals surface area (Å²) in [5.74, 6) is -3.38. The van der Waals surface area contributed by atoms with Crippen LogP contribution >= 0.6 is 0 Å². The highest BCUT2D eigenvalue weighted by Crippen LogP contribution is 2.54. The number of pyridine rings is 1. The number of carbonyl (C=O) groups is 2. The standard InChI is InChI=1S/C36H35F5N4O4/c1-48-29-9-4-20(22-10-11-42-33(31(22)38)45-12-14-49-15-13-45)17-26(29)34(46)44-32-24-7-6-23(25(24)16-19-2-3-19)30(32)35(47)43-21-5-8-28(37)27(18-21)36(39,40)41/h4-5,8-11,16-19,23-24,30,32H,2-3,6-7,12-15H2,1H3,(H,43,47)(H,44,46)/b25-16-/t23?,24?,30-,32?/m0/s1. The van der Waals surface area contributed by atoms with Crippen molar-refractivity contribution in [1.82, 2.24) is 10.3 Å². The molecule has 8 nitrogen and oxygen atoms in total. The Kier molecular flexibility index (Phi) is 8.80. The normalized spacial score (nSPS) is 24.3. The molecular weight excluding hydrogens is 647 g/mol. The third-order valence-electron chi connectivity index (χ3n) is 10.0. The fourth-order valence-electron chi connectivity index (χ4n) is 7.54. The molecule has 7 rings (SSSR count). The number of halogens is 5. The molecular formula is C36H35F5N4O4. The zero-order chi connectivity index (χ0) is 34.4. The van der Waals surface area contributed by atoms with Crippen LogP contribution in [0.15, 0.2) is 60.3 Å². The second-order valence-corrected chi connectivity index (χ2v) is 13.0. The van der Waals surface area contributed by atoms with Crippen molar-refractivity contribution >= 4 is 23.3 Å². The Bertz CT molecular complexity index is 1800. The predicted molar refractivity (Wildman–Crippen MR) is 171 cm³/mol. The fraction of sp³-hybridized carbons (Fsp3) is 0.417. The summed E-state index contributed by atoms with van der Waals surface area (Å²) in [4.78, 5) is 34.0. The van der Waals surface area contributed by atoms with Crippen LogP contribution in [-0.4, -0.2) is 56.3 Å². The number of rotatable bonds is 8. The quantitative estimate of drug-likeness (QED) is 0.205. The summed E-state index contributed by atoms with van der Waals surface area (Å²) in [6.07, 6.45) is 2.26. The van der Waals surface area contributed by atoms with Crippen molar-refractivity contribution in [1.29, 1.82) is 0 Å². The topological polar surface area (TPSA) is 92.8 Å². The van der Waals surface area contributed by atoms with Gasteiger partial charge in [-0.05, 0) is 79.5 Å². The Morgan fingerprint density at radius 2 is 1.76 bits per heavy atom. The summed E-state index contributed by atoms with van der Waals surface area (Å²) in [6, 6.07) is 7.97. The van der Waals surface area contributed by atoms with E-state index in [2.05, 4.69) is 21.7 Å². The second-order valence-electron chi connectivity index (χ2n) is 13.0. The summed E-state index contributed by atoms with van der Waals surface area (Å²) in [5.41, 5.74) is 0.216. The van der Waals surface area contributed by atoms with Crippen LogP contribution in [-0.2, 0) is 15.7 Å². The number of amides is 2. The minimum Gasteiger partial charge on any atom is -0.496 e. The van der Waals surface area contributed by atoms with Gasteiger partial charge in [0.2, 0.25) is 5.91 Å². The smallest absolute Gasteiger partial charge is 0.419 e. The number of allylic oxidation sites excluding steroid dienone is 1. The number of hydrogen-bond donors (Lipinski definition) is 2. The molecule has 2 bridgehead atoms. The van der Waals surface area contributed by atoms with Gasteiger partial charge >= 0.3 is 6.18 Å². The van der Waals surface area contributed by atoms with Gasteiger partial charge in [0, 0.05) is 42.5 Å². The maximum absolute atomic E-state index is 15.9. The molecule has 2 amide bonds. The van der Waals surface area contributed by atoms with Crippen molar-refractivity contribution in [3.05, 3.63) is 83.1 Å². The van der Waals surface area contributed by atoms with Crippen molar-refractivity contribution in [3.63, 3.8) is 0 Å². The third kappa shape index (κ3) is 6.48. The summed E-state index contributed by atoms with van der Waals surface area (Å²) >= 11 is 0. The van der Waals surface area contributed by atoms with Crippen LogP contribution in [0.1, 0.15) is 41.6 Å². The number of aromatic nitrogens is 1. The molecule has 1 aromatic heterocycles. The fourth-order valence-corrected chi connectivity index (χ4v) is 7.54. The number of methoxy groups -OCH3 is 1. The van der Waals surface area contributed by atoms with Crippen molar-refractivity contribution in [2.45, 2.75) is 37.9 Å². The molecule has 4 atom stereocenters. The first-order chi connectivity index (χ1) is 23.5. The number of nitrogens with zero attached hydrogens (tertiary/aromatic N) is 2. The predicted octanol–water partition coefficient (Wildman–Crippen LogP) is 6.62. The molecule has 2 heterocycles. The first-order valence-corrected chi connectivity index (χ1v) is 16.4. The largest absolute Gasteiger partial charge is 0.496 e. The van der Waals surface area contributed by atoms with E-state index in [4.69, 9.17) is 9.47 Å². The number of anilines is 2. The van der Waals surface area contributed by atoms with Crippen LogP contribution < -0.4 is 20.3 Å². The average Bonchev–Trinajstić information content (AvgIpc) is 3.77. The van der Waals surface area contributed by atoms with Crippen molar-refractivity contribution in [3.8, 4) is 16.9 Å². The van der Waals surface area contributed by atoms with Crippen LogP contribution in [0.5, 0.6) is 5.75 Å². The summed E-state index contributed by atoms with van der Waals surface area (Å²) in [5, 5.41) is 5.62. The van der Waals surface area contributed by atoms with Crippen molar-refractivity contribution < 1.29 is 41.0 Å². The Balaban J connectivity index is 1.18. The molecule has 2 aromatic carbocycles. The zero-order valence-corrected chi connectivity index (χ0v) is 26.7. The van der Waals surface area contributed by atoms with E-state index < -0.39 is 47.1 Å². The number of ether oxygens (including phenoxy) is 2. The summed E-state index contributed by atoms with van der Waals surface area (Å²) in [7, 11) is 1.41. The molecule has 3 aromatic rings. The number of morpholine rings is 1. The molecule has 0 spiro atoms. The highest BCUT2D eigenvalue weighted by molar-refractivity contribution is 6.00. The van der Waals surface area contributed by atoms with Crippen LogP contribution in [0, 0.1) is 35.3 Å². The van der Waals surface area contributed by atoms with E-state index in [1.807, 2.05) is 4.90 Å². The Hall–Kier alpha value is -4.52. The second kappa shape index (κ2) is 13.1. The number of hydrogen-bond acceptors (Lipinski definition) is 6. The Labute approximate surface area is 279 Å². The van der Waals surface area contributed by atoms with Gasteiger partial charge in [0.05, 0.1) is 37.4 Å². The molecule has 258 valence electrons. The van der Waals surface area contributed by atoms with Gasteiger partial charge in [0.1, 0.15) is 11.6 Å². The molecule has 4 aliphatic rings. The third-order valence-corrected chi connectivity index (χ3v) is 10.0. The lowest BCUT2D eigenvalue weighted by Crippen LogP contribution is -2.48. The zero-order valence-electron chi connectivity index (χ0n) is 26.7. The average molecular weight is 683 g/mol. The van der Waals surface area contributed by atoms with Gasteiger partial charge in [0.15, 0.2) is 11.6 Å². The molecule has 49 heavy (non-hydrogen) atoms. The van der Waals surface area contributed by atoms with Crippen molar-refractivity contribution in [2.75, 3.05) is 43.6 Å². The van der Waals surface area contributed by atoms with E-state index in [-0.39, 0.29) is 40.2 Å². The maximum Gasteiger partial charge on any atom is 0.419 e. The molecule has 1 saturated heterocycles. The van der Waals surface area contributed by atoms with Crippen molar-refractivity contribution in [2.24, 2.45) is 23.7 Å². The first kappa shape index (κ1) is 33.0. The number of alkyl halides is 3. The molecule has 3 saturated carbocycles. The molecule has 3 unspecified atom stereocenters. The first-order valence-electron chi connectivity index (χ1n) is 16.4. The summed E-state index contributed by atoms with van der Waals surface area (Å²) in [6.45, 7) is 1.89. The number of fused-ring (bicyclic) bond motifs is 2. The van der Waals surface area contributed by atoms with Crippen LogP contribution in [0.4, 0.5) is 33.5 Å².